The lowest BCUT2D eigenvalue weighted by Gasteiger charge is -2.29. The van der Waals surface area contributed by atoms with E-state index in [1.54, 1.807) is 20.8 Å². The van der Waals surface area contributed by atoms with Gasteiger partial charge in [0.15, 0.2) is 5.69 Å². The fourth-order valence-corrected chi connectivity index (χ4v) is 1.98. The smallest absolute Gasteiger partial charge is 0.434 e. The third kappa shape index (κ3) is 4.91. The second-order valence-electron chi connectivity index (χ2n) is 6.11. The number of hydroxylamine groups is 2. The Labute approximate surface area is 134 Å². The number of nitrogens with zero attached hydrogens (tertiary/aromatic N) is 2. The Morgan fingerprint density at radius 1 is 1.48 bits per heavy atom. The Balaban J connectivity index is 3.19. The number of amides is 1. The summed E-state index contributed by atoms with van der Waals surface area (Å²) in [6.45, 7) is 13.1. The zero-order chi connectivity index (χ0) is 17.8. The van der Waals surface area contributed by atoms with E-state index in [1.807, 2.05) is 0 Å². The Bertz CT molecular complexity index is 620. The average Bonchev–Trinajstić information content (AvgIpc) is 2.45. The van der Waals surface area contributed by atoms with Crippen molar-refractivity contribution in [1.82, 2.24) is 5.06 Å². The summed E-state index contributed by atoms with van der Waals surface area (Å²) in [5.74, 6) is -0.617. The highest BCUT2D eigenvalue weighted by Gasteiger charge is 2.29. The van der Waals surface area contributed by atoms with E-state index >= 15 is 0 Å². The number of ether oxygens (including phenoxy) is 1. The number of benzene rings is 1. The Kier molecular flexibility index (Phi) is 6.07. The van der Waals surface area contributed by atoms with Gasteiger partial charge in [0.25, 0.3) is 0 Å². The van der Waals surface area contributed by atoms with Crippen LogP contribution in [0.15, 0.2) is 12.1 Å². The molecule has 0 radical (unpaired) electrons. The van der Waals surface area contributed by atoms with Gasteiger partial charge in [0, 0.05) is 6.61 Å². The molecule has 0 bridgehead atoms. The van der Waals surface area contributed by atoms with Gasteiger partial charge in [-0.05, 0) is 51.3 Å². The van der Waals surface area contributed by atoms with E-state index in [1.165, 1.54) is 13.0 Å². The van der Waals surface area contributed by atoms with Crippen LogP contribution < -0.4 is 0 Å². The molecule has 6 nitrogen and oxygen atoms in total. The number of rotatable bonds is 4. The molecule has 0 spiro atoms. The molecule has 1 rings (SSSR count). The summed E-state index contributed by atoms with van der Waals surface area (Å²) in [5.41, 5.74) is -0.336. The highest BCUT2D eigenvalue weighted by molar-refractivity contribution is 5.67. The first-order chi connectivity index (χ1) is 10.6. The maximum absolute atomic E-state index is 13.9. The minimum absolute atomic E-state index is 0.0321. The van der Waals surface area contributed by atoms with Crippen molar-refractivity contribution in [2.24, 2.45) is 0 Å². The molecule has 7 heteroatoms. The molecular formula is C16H21FN2O4. The predicted molar refractivity (Wildman–Crippen MR) is 81.7 cm³/mol. The van der Waals surface area contributed by atoms with Gasteiger partial charge in [-0.25, -0.2) is 14.0 Å². The van der Waals surface area contributed by atoms with Crippen molar-refractivity contribution in [3.63, 3.8) is 0 Å². The van der Waals surface area contributed by atoms with Crippen LogP contribution in [-0.2, 0) is 4.74 Å². The third-order valence-corrected chi connectivity index (χ3v) is 3.12. The summed E-state index contributed by atoms with van der Waals surface area (Å²) >= 11 is 0. The Hall–Kier alpha value is -2.17. The van der Waals surface area contributed by atoms with Crippen LogP contribution in [0.25, 0.3) is 4.85 Å². The first-order valence-corrected chi connectivity index (χ1v) is 7.10. The number of aliphatic hydroxyl groups is 1. The zero-order valence-corrected chi connectivity index (χ0v) is 13.6. The van der Waals surface area contributed by atoms with Crippen molar-refractivity contribution in [3.05, 3.63) is 40.5 Å². The normalized spacial score (nSPS) is 12.4. The summed E-state index contributed by atoms with van der Waals surface area (Å²) < 4.78 is 19.0. The lowest BCUT2D eigenvalue weighted by atomic mass is 10.0. The Morgan fingerprint density at radius 3 is 2.57 bits per heavy atom. The largest absolute Gasteiger partial charge is 0.442 e. The molecule has 1 atom stereocenters. The van der Waals surface area contributed by atoms with Gasteiger partial charge in [-0.1, -0.05) is 6.07 Å². The Morgan fingerprint density at radius 2 is 2.09 bits per heavy atom. The molecule has 0 heterocycles. The van der Waals surface area contributed by atoms with Crippen molar-refractivity contribution in [3.8, 4) is 0 Å². The van der Waals surface area contributed by atoms with Crippen LogP contribution in [-0.4, -0.2) is 33.7 Å². The second-order valence-corrected chi connectivity index (χ2v) is 6.11. The van der Waals surface area contributed by atoms with Gasteiger partial charge in [-0.3, -0.25) is 5.21 Å². The van der Waals surface area contributed by atoms with Crippen LogP contribution in [0.1, 0.15) is 44.4 Å². The zero-order valence-electron chi connectivity index (χ0n) is 13.6. The lowest BCUT2D eigenvalue weighted by Crippen LogP contribution is -2.37. The molecule has 0 aliphatic carbocycles. The third-order valence-electron chi connectivity index (χ3n) is 3.12. The number of carbonyl (C=O) groups excluding carboxylic acids is 1. The van der Waals surface area contributed by atoms with Crippen LogP contribution in [0.2, 0.25) is 0 Å². The molecule has 126 valence electrons. The summed E-state index contributed by atoms with van der Waals surface area (Å²) in [4.78, 5) is 15.2. The van der Waals surface area contributed by atoms with Crippen molar-refractivity contribution < 1.29 is 24.2 Å². The summed E-state index contributed by atoms with van der Waals surface area (Å²) in [6.07, 6.45) is -1.04. The van der Waals surface area contributed by atoms with Crippen LogP contribution in [0.4, 0.5) is 14.9 Å². The SMILES string of the molecule is [C-]#[N+]c1cc([C@H](CCO)N(O)C(=O)OC(C)(C)C)cc(F)c1C. The van der Waals surface area contributed by atoms with Gasteiger partial charge >= 0.3 is 6.09 Å². The maximum Gasteiger partial charge on any atom is 0.434 e. The lowest BCUT2D eigenvalue weighted by molar-refractivity contribution is -0.125. The summed E-state index contributed by atoms with van der Waals surface area (Å²) in [6, 6.07) is 1.50. The van der Waals surface area contributed by atoms with E-state index in [0.717, 1.165) is 6.07 Å². The fraction of sp³-hybridized carbons (Fsp3) is 0.500. The van der Waals surface area contributed by atoms with E-state index in [4.69, 9.17) is 16.4 Å². The number of hydrogen-bond donors (Lipinski definition) is 2. The van der Waals surface area contributed by atoms with E-state index in [2.05, 4.69) is 4.85 Å². The standard InChI is InChI=1S/C16H21FN2O4/c1-10-12(17)8-11(9-13(10)18-5)14(6-7-20)19(22)15(21)23-16(2,3)4/h8-9,14,20,22H,6-7H2,1-4H3/t14-/m0/s1. The molecular weight excluding hydrogens is 303 g/mol. The highest BCUT2D eigenvalue weighted by atomic mass is 19.1. The molecule has 0 aliphatic rings. The van der Waals surface area contributed by atoms with Gasteiger partial charge < -0.3 is 9.84 Å². The van der Waals surface area contributed by atoms with Crippen LogP contribution >= 0.6 is 0 Å². The number of carbonyl (C=O) groups is 1. The van der Waals surface area contributed by atoms with Crippen LogP contribution in [0.5, 0.6) is 0 Å². The molecule has 0 saturated heterocycles. The van der Waals surface area contributed by atoms with Gasteiger partial charge in [0.05, 0.1) is 12.6 Å². The molecule has 1 aromatic rings. The van der Waals surface area contributed by atoms with E-state index in [9.17, 15) is 14.4 Å². The monoisotopic (exact) mass is 324 g/mol. The van der Waals surface area contributed by atoms with E-state index in [-0.39, 0.29) is 29.8 Å². The van der Waals surface area contributed by atoms with E-state index in [0.29, 0.717) is 5.06 Å². The molecule has 23 heavy (non-hydrogen) atoms. The molecule has 2 N–H and O–H groups in total. The summed E-state index contributed by atoms with van der Waals surface area (Å²) in [5, 5.41) is 19.6. The van der Waals surface area contributed by atoms with E-state index < -0.39 is 23.6 Å². The summed E-state index contributed by atoms with van der Waals surface area (Å²) in [7, 11) is 0. The first kappa shape index (κ1) is 18.9. The molecule has 1 aromatic carbocycles. The van der Waals surface area contributed by atoms with Gasteiger partial charge in [-0.2, -0.15) is 5.06 Å². The van der Waals surface area contributed by atoms with Crippen molar-refractivity contribution in [2.45, 2.75) is 45.8 Å². The number of hydrogen-bond acceptors (Lipinski definition) is 4. The fourth-order valence-electron chi connectivity index (χ4n) is 1.98. The molecule has 0 unspecified atom stereocenters. The minimum Gasteiger partial charge on any atom is -0.442 e. The predicted octanol–water partition coefficient (Wildman–Crippen LogP) is 3.73. The number of aliphatic hydroxyl groups excluding tert-OH is 1. The molecule has 0 saturated carbocycles. The molecule has 0 fully saturated rings. The second kappa shape index (κ2) is 7.40. The highest BCUT2D eigenvalue weighted by Crippen LogP contribution is 2.31. The van der Waals surface area contributed by atoms with Crippen LogP contribution in [0.3, 0.4) is 0 Å². The molecule has 1 amide bonds. The number of halogens is 1. The molecule has 0 aromatic heterocycles. The maximum atomic E-state index is 13.9. The minimum atomic E-state index is -1.02. The van der Waals surface area contributed by atoms with Gasteiger partial charge in [0.2, 0.25) is 0 Å². The van der Waals surface area contributed by atoms with Crippen LogP contribution in [0, 0.1) is 19.3 Å². The molecule has 0 aliphatic heterocycles. The van der Waals surface area contributed by atoms with Crippen molar-refractivity contribution >= 4 is 11.8 Å². The van der Waals surface area contributed by atoms with Gasteiger partial charge in [-0.15, -0.1) is 0 Å². The average molecular weight is 324 g/mol. The van der Waals surface area contributed by atoms with Gasteiger partial charge in [0.1, 0.15) is 11.4 Å². The topological polar surface area (TPSA) is 74.4 Å². The quantitative estimate of drug-likeness (QED) is 0.503. The first-order valence-electron chi connectivity index (χ1n) is 7.10. The van der Waals surface area contributed by atoms with Crippen molar-refractivity contribution in [1.29, 1.82) is 0 Å². The van der Waals surface area contributed by atoms with Crippen molar-refractivity contribution in [2.75, 3.05) is 6.61 Å².